The van der Waals surface area contributed by atoms with Crippen LogP contribution in [0.1, 0.15) is 5.56 Å². The van der Waals surface area contributed by atoms with E-state index in [-0.39, 0.29) is 11.4 Å². The molecule has 7 heteroatoms. The molecule has 1 aromatic carbocycles. The lowest BCUT2D eigenvalue weighted by Crippen LogP contribution is -2.30. The summed E-state index contributed by atoms with van der Waals surface area (Å²) in [7, 11) is 0. The third-order valence-corrected chi connectivity index (χ3v) is 3.15. The van der Waals surface area contributed by atoms with Crippen LogP contribution >= 0.6 is 15.9 Å². The number of halogens is 1. The van der Waals surface area contributed by atoms with Gasteiger partial charge in [0, 0.05) is 28.3 Å². The lowest BCUT2D eigenvalue weighted by molar-refractivity contribution is -0.385. The maximum Gasteiger partial charge on any atom is 0.274 e. The first-order valence-electron chi connectivity index (χ1n) is 4.92. The number of nitro groups is 1. The van der Waals surface area contributed by atoms with Crippen molar-refractivity contribution in [1.82, 2.24) is 0 Å². The Morgan fingerprint density at radius 1 is 1.22 bits per heavy atom. The number of aryl methyl sites for hydroxylation is 1. The minimum absolute atomic E-state index is 0.138. The van der Waals surface area contributed by atoms with E-state index in [1.807, 2.05) is 0 Å². The molecule has 0 radical (unpaired) electrons. The highest BCUT2D eigenvalue weighted by atomic mass is 79.9. The van der Waals surface area contributed by atoms with Crippen molar-refractivity contribution in [3.8, 4) is 0 Å². The summed E-state index contributed by atoms with van der Waals surface area (Å²) in [4.78, 5) is 34.2. The van der Waals surface area contributed by atoms with E-state index in [9.17, 15) is 19.7 Å². The minimum atomic E-state index is -0.552. The number of amides is 2. The van der Waals surface area contributed by atoms with Gasteiger partial charge in [0.2, 0.25) is 0 Å². The Labute approximate surface area is 110 Å². The first-order valence-corrected chi connectivity index (χ1v) is 5.72. The highest BCUT2D eigenvalue weighted by Crippen LogP contribution is 2.34. The van der Waals surface area contributed by atoms with Crippen molar-refractivity contribution in [2.24, 2.45) is 0 Å². The SMILES string of the molecule is Cc1cc(Br)c(N2C(=O)C=CC2=O)cc1[N+](=O)[O-]. The number of nitrogens with zero attached hydrogens (tertiary/aromatic N) is 2. The van der Waals surface area contributed by atoms with Crippen molar-refractivity contribution in [3.63, 3.8) is 0 Å². The number of carbonyl (C=O) groups excluding carboxylic acids is 2. The largest absolute Gasteiger partial charge is 0.274 e. The van der Waals surface area contributed by atoms with E-state index in [2.05, 4.69) is 15.9 Å². The summed E-state index contributed by atoms with van der Waals surface area (Å²) < 4.78 is 0.455. The van der Waals surface area contributed by atoms with Crippen LogP contribution in [0.2, 0.25) is 0 Å². The molecule has 1 aliphatic rings. The zero-order chi connectivity index (χ0) is 13.4. The second kappa shape index (κ2) is 4.34. The Morgan fingerprint density at radius 2 is 1.78 bits per heavy atom. The predicted octanol–water partition coefficient (Wildman–Crippen LogP) is 2.10. The second-order valence-electron chi connectivity index (χ2n) is 3.69. The monoisotopic (exact) mass is 310 g/mol. The van der Waals surface area contributed by atoms with Gasteiger partial charge in [-0.3, -0.25) is 19.7 Å². The van der Waals surface area contributed by atoms with Crippen molar-refractivity contribution >= 4 is 39.1 Å². The number of imide groups is 1. The molecule has 1 aromatic rings. The van der Waals surface area contributed by atoms with Gasteiger partial charge in [0.1, 0.15) is 0 Å². The molecule has 0 saturated heterocycles. The molecule has 0 aromatic heterocycles. The van der Waals surface area contributed by atoms with E-state index in [1.165, 1.54) is 12.1 Å². The molecule has 6 nitrogen and oxygen atoms in total. The molecule has 0 N–H and O–H groups in total. The van der Waals surface area contributed by atoms with E-state index in [0.29, 0.717) is 10.0 Å². The normalized spacial score (nSPS) is 14.4. The number of anilines is 1. The van der Waals surface area contributed by atoms with Crippen LogP contribution in [-0.4, -0.2) is 16.7 Å². The number of hydrogen-bond acceptors (Lipinski definition) is 4. The number of nitro benzene ring substituents is 1. The van der Waals surface area contributed by atoms with Crippen molar-refractivity contribution in [3.05, 3.63) is 44.4 Å². The van der Waals surface area contributed by atoms with Gasteiger partial charge < -0.3 is 0 Å². The molecule has 0 unspecified atom stereocenters. The van der Waals surface area contributed by atoms with E-state index in [0.717, 1.165) is 17.1 Å². The molecule has 1 heterocycles. The predicted molar refractivity (Wildman–Crippen MR) is 67.2 cm³/mol. The molecule has 1 aliphatic heterocycles. The van der Waals surface area contributed by atoms with Gasteiger partial charge in [0.05, 0.1) is 10.6 Å². The Kier molecular flexibility index (Phi) is 3.00. The summed E-state index contributed by atoms with van der Waals surface area (Å²) in [5.74, 6) is -1.03. The van der Waals surface area contributed by atoms with Crippen LogP contribution in [0, 0.1) is 17.0 Å². The van der Waals surface area contributed by atoms with E-state index in [4.69, 9.17) is 0 Å². The fraction of sp³-hybridized carbons (Fsp3) is 0.0909. The standard InChI is InChI=1S/C11H7BrN2O4/c1-6-4-7(12)9(5-8(6)14(17)18)13-10(15)2-3-11(13)16/h2-5H,1H3. The molecule has 2 amide bonds. The van der Waals surface area contributed by atoms with E-state index < -0.39 is 16.7 Å². The lowest BCUT2D eigenvalue weighted by Gasteiger charge is -2.16. The number of benzene rings is 1. The zero-order valence-corrected chi connectivity index (χ0v) is 10.8. The quantitative estimate of drug-likeness (QED) is 0.476. The second-order valence-corrected chi connectivity index (χ2v) is 4.55. The van der Waals surface area contributed by atoms with Crippen LogP contribution in [-0.2, 0) is 9.59 Å². The summed E-state index contributed by atoms with van der Waals surface area (Å²) >= 11 is 3.20. The van der Waals surface area contributed by atoms with Gasteiger partial charge in [-0.05, 0) is 28.9 Å². The fourth-order valence-electron chi connectivity index (χ4n) is 1.66. The summed E-state index contributed by atoms with van der Waals surface area (Å²) in [6, 6.07) is 2.72. The Morgan fingerprint density at radius 3 is 2.28 bits per heavy atom. The molecule has 0 aliphatic carbocycles. The van der Waals surface area contributed by atoms with Crippen molar-refractivity contribution in [2.45, 2.75) is 6.92 Å². The molecule has 0 saturated carbocycles. The average Bonchev–Trinajstić information content (AvgIpc) is 2.59. The topological polar surface area (TPSA) is 80.5 Å². The van der Waals surface area contributed by atoms with Gasteiger partial charge in [0.15, 0.2) is 0 Å². The molecule has 2 rings (SSSR count). The van der Waals surface area contributed by atoms with Crippen molar-refractivity contribution in [1.29, 1.82) is 0 Å². The lowest BCUT2D eigenvalue weighted by atomic mass is 10.1. The Hall–Kier alpha value is -2.02. The first kappa shape index (κ1) is 12.4. The first-order chi connectivity index (χ1) is 8.41. The molecule has 0 atom stereocenters. The molecule has 0 fully saturated rings. The third-order valence-electron chi connectivity index (χ3n) is 2.51. The van der Waals surface area contributed by atoms with E-state index in [1.54, 1.807) is 6.92 Å². The minimum Gasteiger partial charge on any atom is -0.269 e. The smallest absolute Gasteiger partial charge is 0.269 e. The van der Waals surface area contributed by atoms with Crippen molar-refractivity contribution in [2.75, 3.05) is 4.90 Å². The van der Waals surface area contributed by atoms with Crippen LogP contribution in [0.3, 0.4) is 0 Å². The van der Waals surface area contributed by atoms with Gasteiger partial charge in [-0.25, -0.2) is 4.90 Å². The van der Waals surface area contributed by atoms with Crippen LogP contribution in [0.25, 0.3) is 0 Å². The van der Waals surface area contributed by atoms with Gasteiger partial charge in [-0.2, -0.15) is 0 Å². The van der Waals surface area contributed by atoms with Crippen LogP contribution < -0.4 is 4.90 Å². The van der Waals surface area contributed by atoms with E-state index >= 15 is 0 Å². The zero-order valence-electron chi connectivity index (χ0n) is 9.21. The average molecular weight is 311 g/mol. The summed E-state index contributed by atoms with van der Waals surface area (Å²) in [6.45, 7) is 1.58. The number of hydrogen-bond donors (Lipinski definition) is 0. The molecule has 18 heavy (non-hydrogen) atoms. The Bertz CT molecular complexity index is 591. The molecule has 0 spiro atoms. The van der Waals surface area contributed by atoms with Crippen LogP contribution in [0.4, 0.5) is 11.4 Å². The van der Waals surface area contributed by atoms with Gasteiger partial charge in [-0.1, -0.05) is 0 Å². The molecule has 92 valence electrons. The maximum absolute atomic E-state index is 11.5. The summed E-state index contributed by atoms with van der Waals surface area (Å²) in [5, 5.41) is 10.8. The summed E-state index contributed by atoms with van der Waals surface area (Å²) in [6.07, 6.45) is 2.25. The van der Waals surface area contributed by atoms with Crippen LogP contribution in [0.5, 0.6) is 0 Å². The van der Waals surface area contributed by atoms with Gasteiger partial charge >= 0.3 is 0 Å². The molecular weight excluding hydrogens is 304 g/mol. The third kappa shape index (κ3) is 1.92. The van der Waals surface area contributed by atoms with Crippen LogP contribution in [0.15, 0.2) is 28.8 Å². The fourth-order valence-corrected chi connectivity index (χ4v) is 2.29. The highest BCUT2D eigenvalue weighted by Gasteiger charge is 2.29. The van der Waals surface area contributed by atoms with Gasteiger partial charge in [-0.15, -0.1) is 0 Å². The molecular formula is C11H7BrN2O4. The Balaban J connectivity index is 2.58. The van der Waals surface area contributed by atoms with Gasteiger partial charge in [0.25, 0.3) is 17.5 Å². The molecule has 0 bridgehead atoms. The maximum atomic E-state index is 11.5. The number of rotatable bonds is 2. The highest BCUT2D eigenvalue weighted by molar-refractivity contribution is 9.10. The number of carbonyl (C=O) groups is 2. The van der Waals surface area contributed by atoms with Crippen molar-refractivity contribution < 1.29 is 14.5 Å². The summed E-state index contributed by atoms with van der Waals surface area (Å²) in [5.41, 5.74) is 0.482.